The second kappa shape index (κ2) is 7.72. The van der Waals surface area contributed by atoms with Crippen molar-refractivity contribution in [3.8, 4) is 0 Å². The SMILES string of the molecule is N=C(N)NCCCc1cn(CC(=O)C2CCNCC2)nn1. The minimum atomic E-state index is -0.0220. The number of aryl methyl sites for hydroxylation is 1. The van der Waals surface area contributed by atoms with Crippen LogP contribution in [-0.4, -0.2) is 46.4 Å². The largest absolute Gasteiger partial charge is 0.370 e. The molecule has 8 nitrogen and oxygen atoms in total. The summed E-state index contributed by atoms with van der Waals surface area (Å²) in [5, 5.41) is 21.1. The van der Waals surface area contributed by atoms with Crippen molar-refractivity contribution in [2.75, 3.05) is 19.6 Å². The third kappa shape index (κ3) is 5.14. The van der Waals surface area contributed by atoms with Gasteiger partial charge in [0.15, 0.2) is 11.7 Å². The first-order valence-corrected chi connectivity index (χ1v) is 7.35. The van der Waals surface area contributed by atoms with E-state index < -0.39 is 0 Å². The third-order valence-electron chi connectivity index (χ3n) is 3.62. The Balaban J connectivity index is 1.74. The number of ketones is 1. The molecule has 21 heavy (non-hydrogen) atoms. The van der Waals surface area contributed by atoms with Gasteiger partial charge < -0.3 is 16.4 Å². The van der Waals surface area contributed by atoms with Crippen molar-refractivity contribution in [2.45, 2.75) is 32.2 Å². The highest BCUT2D eigenvalue weighted by molar-refractivity contribution is 5.80. The van der Waals surface area contributed by atoms with E-state index in [1.54, 1.807) is 4.68 Å². The summed E-state index contributed by atoms with van der Waals surface area (Å²) >= 11 is 0. The molecular weight excluding hydrogens is 270 g/mol. The average molecular weight is 293 g/mol. The molecule has 0 spiro atoms. The summed E-state index contributed by atoms with van der Waals surface area (Å²) < 4.78 is 1.62. The van der Waals surface area contributed by atoms with Gasteiger partial charge in [-0.2, -0.15) is 0 Å². The van der Waals surface area contributed by atoms with E-state index in [9.17, 15) is 4.79 Å². The lowest BCUT2D eigenvalue weighted by atomic mass is 9.93. The number of guanidine groups is 1. The van der Waals surface area contributed by atoms with Gasteiger partial charge in [0.2, 0.25) is 0 Å². The van der Waals surface area contributed by atoms with Gasteiger partial charge in [-0.15, -0.1) is 5.10 Å². The van der Waals surface area contributed by atoms with Gasteiger partial charge in [0.05, 0.1) is 5.69 Å². The number of Topliss-reactive ketones (excluding diaryl/α,β-unsaturated/α-hetero) is 1. The highest BCUT2D eigenvalue weighted by Gasteiger charge is 2.21. The molecule has 0 amide bonds. The highest BCUT2D eigenvalue weighted by Crippen LogP contribution is 2.13. The smallest absolute Gasteiger partial charge is 0.185 e. The van der Waals surface area contributed by atoms with E-state index in [1.165, 1.54) is 0 Å². The molecule has 0 radical (unpaired) electrons. The maximum absolute atomic E-state index is 12.1. The van der Waals surface area contributed by atoms with Crippen LogP contribution in [0, 0.1) is 11.3 Å². The molecule has 1 aliphatic rings. The number of nitrogens with zero attached hydrogens (tertiary/aromatic N) is 3. The second-order valence-corrected chi connectivity index (χ2v) is 5.34. The molecule has 1 aromatic heterocycles. The van der Waals surface area contributed by atoms with E-state index in [-0.39, 0.29) is 17.7 Å². The topological polar surface area (TPSA) is 122 Å². The van der Waals surface area contributed by atoms with Crippen LogP contribution in [-0.2, 0) is 17.8 Å². The summed E-state index contributed by atoms with van der Waals surface area (Å²) in [4.78, 5) is 12.1. The Labute approximate surface area is 124 Å². The molecule has 1 saturated heterocycles. The monoisotopic (exact) mass is 293 g/mol. The van der Waals surface area contributed by atoms with E-state index in [1.807, 2.05) is 6.20 Å². The molecule has 0 saturated carbocycles. The van der Waals surface area contributed by atoms with Gasteiger partial charge in [-0.3, -0.25) is 10.2 Å². The summed E-state index contributed by atoms with van der Waals surface area (Å²) in [5.74, 6) is 0.371. The maximum Gasteiger partial charge on any atom is 0.185 e. The minimum Gasteiger partial charge on any atom is -0.370 e. The number of rotatable bonds is 7. The number of hydrogen-bond acceptors (Lipinski definition) is 5. The molecule has 0 atom stereocenters. The summed E-state index contributed by atoms with van der Waals surface area (Å²) in [7, 11) is 0. The first-order chi connectivity index (χ1) is 10.1. The van der Waals surface area contributed by atoms with Gasteiger partial charge in [0, 0.05) is 18.7 Å². The van der Waals surface area contributed by atoms with Crippen molar-refractivity contribution in [1.29, 1.82) is 5.41 Å². The van der Waals surface area contributed by atoms with Crippen molar-refractivity contribution in [3.63, 3.8) is 0 Å². The second-order valence-electron chi connectivity index (χ2n) is 5.34. The van der Waals surface area contributed by atoms with Crippen molar-refractivity contribution in [3.05, 3.63) is 11.9 Å². The molecule has 2 heterocycles. The van der Waals surface area contributed by atoms with E-state index in [0.29, 0.717) is 13.1 Å². The molecule has 1 aliphatic heterocycles. The average Bonchev–Trinajstić information content (AvgIpc) is 2.92. The fraction of sp³-hybridized carbons (Fsp3) is 0.692. The molecule has 5 N–H and O–H groups in total. The van der Waals surface area contributed by atoms with Gasteiger partial charge in [-0.05, 0) is 38.8 Å². The number of carbonyl (C=O) groups excluding carboxylic acids is 1. The number of carbonyl (C=O) groups is 1. The molecule has 0 aromatic carbocycles. The van der Waals surface area contributed by atoms with Crippen LogP contribution >= 0.6 is 0 Å². The van der Waals surface area contributed by atoms with Gasteiger partial charge in [0.1, 0.15) is 6.54 Å². The zero-order valence-corrected chi connectivity index (χ0v) is 12.1. The van der Waals surface area contributed by atoms with Crippen LogP contribution in [0.2, 0.25) is 0 Å². The Kier molecular flexibility index (Phi) is 5.68. The predicted octanol–water partition coefficient (Wildman–Crippen LogP) is -0.738. The van der Waals surface area contributed by atoms with E-state index >= 15 is 0 Å². The highest BCUT2D eigenvalue weighted by atomic mass is 16.1. The first-order valence-electron chi connectivity index (χ1n) is 7.35. The molecule has 8 heteroatoms. The molecule has 2 rings (SSSR count). The zero-order valence-electron chi connectivity index (χ0n) is 12.1. The van der Waals surface area contributed by atoms with Crippen LogP contribution in [0.1, 0.15) is 25.0 Å². The Hall–Kier alpha value is -1.96. The van der Waals surface area contributed by atoms with Crippen LogP contribution in [0.3, 0.4) is 0 Å². The van der Waals surface area contributed by atoms with Gasteiger partial charge >= 0.3 is 0 Å². The fourth-order valence-corrected chi connectivity index (χ4v) is 2.46. The number of hydrogen-bond donors (Lipinski definition) is 4. The number of piperidine rings is 1. The van der Waals surface area contributed by atoms with E-state index in [4.69, 9.17) is 11.1 Å². The molecular formula is C13H23N7O. The molecule has 0 bridgehead atoms. The lowest BCUT2D eigenvalue weighted by molar-refractivity contribution is -0.124. The lowest BCUT2D eigenvalue weighted by Gasteiger charge is -2.21. The number of nitrogens with two attached hydrogens (primary N) is 1. The number of aromatic nitrogens is 3. The van der Waals surface area contributed by atoms with Crippen molar-refractivity contribution in [1.82, 2.24) is 25.6 Å². The normalized spacial score (nSPS) is 15.8. The van der Waals surface area contributed by atoms with Crippen molar-refractivity contribution < 1.29 is 4.79 Å². The quantitative estimate of drug-likeness (QED) is 0.298. The maximum atomic E-state index is 12.1. The third-order valence-corrected chi connectivity index (χ3v) is 3.62. The van der Waals surface area contributed by atoms with Crippen LogP contribution in [0.5, 0.6) is 0 Å². The summed E-state index contributed by atoms with van der Waals surface area (Å²) in [6.45, 7) is 2.78. The van der Waals surface area contributed by atoms with Crippen LogP contribution in [0.4, 0.5) is 0 Å². The molecule has 0 aliphatic carbocycles. The Morgan fingerprint density at radius 1 is 1.52 bits per heavy atom. The molecule has 0 unspecified atom stereocenters. The van der Waals surface area contributed by atoms with Gasteiger partial charge in [-0.25, -0.2) is 4.68 Å². The van der Waals surface area contributed by atoms with Crippen LogP contribution in [0.15, 0.2) is 6.20 Å². The van der Waals surface area contributed by atoms with Gasteiger partial charge in [-0.1, -0.05) is 5.21 Å². The van der Waals surface area contributed by atoms with Gasteiger partial charge in [0.25, 0.3) is 0 Å². The first kappa shape index (κ1) is 15.4. The van der Waals surface area contributed by atoms with Crippen molar-refractivity contribution in [2.24, 2.45) is 11.7 Å². The van der Waals surface area contributed by atoms with Crippen LogP contribution in [0.25, 0.3) is 0 Å². The number of nitrogens with one attached hydrogen (secondary N) is 3. The standard InChI is InChI=1S/C13H23N7O/c14-13(15)17-5-1-2-11-8-20(19-18-11)9-12(21)10-3-6-16-7-4-10/h8,10,16H,1-7,9H2,(H4,14,15,17). The fourth-order valence-electron chi connectivity index (χ4n) is 2.46. The summed E-state index contributed by atoms with van der Waals surface area (Å²) in [6, 6.07) is 0. The summed E-state index contributed by atoms with van der Waals surface area (Å²) in [6.07, 6.45) is 5.23. The molecule has 1 fully saturated rings. The molecule has 116 valence electrons. The Morgan fingerprint density at radius 3 is 3.00 bits per heavy atom. The Bertz CT molecular complexity index is 479. The Morgan fingerprint density at radius 2 is 2.29 bits per heavy atom. The lowest BCUT2D eigenvalue weighted by Crippen LogP contribution is -2.33. The van der Waals surface area contributed by atoms with Crippen molar-refractivity contribution >= 4 is 11.7 Å². The predicted molar refractivity (Wildman–Crippen MR) is 78.9 cm³/mol. The van der Waals surface area contributed by atoms with E-state index in [0.717, 1.165) is 44.5 Å². The zero-order chi connectivity index (χ0) is 15.1. The minimum absolute atomic E-state index is 0.0220. The molecule has 1 aromatic rings. The van der Waals surface area contributed by atoms with E-state index in [2.05, 4.69) is 20.9 Å². The van der Waals surface area contributed by atoms with Crippen LogP contribution < -0.4 is 16.4 Å². The summed E-state index contributed by atoms with van der Waals surface area (Å²) in [5.41, 5.74) is 6.06.